The monoisotopic (exact) mass is 213 g/mol. The fourth-order valence-electron chi connectivity index (χ4n) is 0.643. The quantitative estimate of drug-likeness (QED) is 0.837. The summed E-state index contributed by atoms with van der Waals surface area (Å²) < 4.78 is 0. The highest BCUT2D eigenvalue weighted by molar-refractivity contribution is 7.13. The molecule has 1 aromatic rings. The van der Waals surface area contributed by atoms with Gasteiger partial charge >= 0.3 is 0 Å². The van der Waals surface area contributed by atoms with Crippen LogP contribution in [0.15, 0.2) is 17.5 Å². The molecule has 0 atom stereocenters. The Morgan fingerprint density at radius 3 is 1.93 bits per heavy atom. The average Bonchev–Trinajstić information content (AvgIpc) is 2.53. The lowest BCUT2D eigenvalue weighted by molar-refractivity contribution is -0.122. The zero-order valence-electron chi connectivity index (χ0n) is 8.45. The summed E-state index contributed by atoms with van der Waals surface area (Å²) in [6.45, 7) is 2.98. The molecule has 0 saturated heterocycles. The van der Waals surface area contributed by atoms with Gasteiger partial charge in [-0.2, -0.15) is 0 Å². The highest BCUT2D eigenvalue weighted by atomic mass is 32.1. The maximum absolute atomic E-state index is 10.2. The van der Waals surface area contributed by atoms with Gasteiger partial charge in [-0.3, -0.25) is 0 Å². The van der Waals surface area contributed by atoms with Gasteiger partial charge in [0.25, 0.3) is 0 Å². The summed E-state index contributed by atoms with van der Waals surface area (Å²) in [5.41, 5.74) is 5.30. The Morgan fingerprint density at radius 2 is 1.79 bits per heavy atom. The van der Waals surface area contributed by atoms with Gasteiger partial charge in [0.05, 0.1) is 5.00 Å². The van der Waals surface area contributed by atoms with Crippen molar-refractivity contribution in [1.82, 2.24) is 0 Å². The maximum Gasteiger partial charge on any atom is 0.130 e. The summed E-state index contributed by atoms with van der Waals surface area (Å²) in [7, 11) is 0. The van der Waals surface area contributed by atoms with Gasteiger partial charge in [0.2, 0.25) is 0 Å². The van der Waals surface area contributed by atoms with E-state index in [4.69, 9.17) is 5.73 Å². The van der Waals surface area contributed by atoms with Crippen LogP contribution >= 0.6 is 11.3 Å². The van der Waals surface area contributed by atoms with Crippen LogP contribution in [0.3, 0.4) is 0 Å². The second kappa shape index (κ2) is 7.26. The molecule has 0 aliphatic heterocycles. The van der Waals surface area contributed by atoms with Crippen LogP contribution in [0.2, 0.25) is 0 Å². The molecule has 1 heterocycles. The van der Waals surface area contributed by atoms with Crippen molar-refractivity contribution in [3.63, 3.8) is 0 Å². The molecule has 3 nitrogen and oxygen atoms in total. The first-order valence-corrected chi connectivity index (χ1v) is 5.18. The van der Waals surface area contributed by atoms with E-state index in [1.807, 2.05) is 17.5 Å². The van der Waals surface area contributed by atoms with E-state index < -0.39 is 0 Å². The van der Waals surface area contributed by atoms with Gasteiger partial charge in [-0.1, -0.05) is 0 Å². The second-order valence-corrected chi connectivity index (χ2v) is 3.90. The van der Waals surface area contributed by atoms with Crippen molar-refractivity contribution in [1.29, 1.82) is 0 Å². The summed E-state index contributed by atoms with van der Waals surface area (Å²) in [5.74, 6) is 0.167. The lowest BCUT2D eigenvalue weighted by Crippen LogP contribution is -1.95. The van der Waals surface area contributed by atoms with Crippen LogP contribution in [0.1, 0.15) is 26.7 Å². The smallest absolute Gasteiger partial charge is 0.130 e. The summed E-state index contributed by atoms with van der Waals surface area (Å²) in [5, 5.41) is 2.84. The molecule has 1 aromatic heterocycles. The van der Waals surface area contributed by atoms with E-state index in [0.29, 0.717) is 12.8 Å². The molecular weight excluding hydrogens is 198 g/mol. The minimum absolute atomic E-state index is 0.0835. The average molecular weight is 213 g/mol. The molecule has 0 radical (unpaired) electrons. The Balaban J connectivity index is 0.000000249. The maximum atomic E-state index is 10.2. The van der Waals surface area contributed by atoms with E-state index in [2.05, 4.69) is 0 Å². The Labute approximate surface area is 87.9 Å². The van der Waals surface area contributed by atoms with Gasteiger partial charge in [0, 0.05) is 12.8 Å². The van der Waals surface area contributed by atoms with Crippen molar-refractivity contribution in [3.8, 4) is 0 Å². The van der Waals surface area contributed by atoms with Crippen molar-refractivity contribution < 1.29 is 9.59 Å². The predicted molar refractivity (Wildman–Crippen MR) is 59.3 cm³/mol. The van der Waals surface area contributed by atoms with Gasteiger partial charge < -0.3 is 15.3 Å². The SMILES string of the molecule is CC(=O)CCC(C)=O.Nc1cccs1. The number of nitrogen functional groups attached to an aromatic ring is 1. The lowest BCUT2D eigenvalue weighted by Gasteiger charge is -1.86. The molecule has 14 heavy (non-hydrogen) atoms. The third-order valence-electron chi connectivity index (χ3n) is 1.37. The summed E-state index contributed by atoms with van der Waals surface area (Å²) in [6, 6.07) is 3.81. The van der Waals surface area contributed by atoms with Gasteiger partial charge in [-0.05, 0) is 31.4 Å². The molecule has 0 spiro atoms. The van der Waals surface area contributed by atoms with Gasteiger partial charge in [-0.15, -0.1) is 11.3 Å². The Kier molecular flexibility index (Phi) is 6.66. The van der Waals surface area contributed by atoms with E-state index in [9.17, 15) is 9.59 Å². The van der Waals surface area contributed by atoms with Crippen LogP contribution in [-0.4, -0.2) is 11.6 Å². The van der Waals surface area contributed by atoms with E-state index in [1.165, 1.54) is 13.8 Å². The summed E-state index contributed by atoms with van der Waals surface area (Å²) in [4.78, 5) is 20.4. The van der Waals surface area contributed by atoms with Crippen molar-refractivity contribution in [2.24, 2.45) is 0 Å². The second-order valence-electron chi connectivity index (χ2n) is 2.92. The summed E-state index contributed by atoms with van der Waals surface area (Å²) in [6.07, 6.45) is 0.796. The minimum Gasteiger partial charge on any atom is -0.391 e. The van der Waals surface area contributed by atoms with Crippen LogP contribution in [0, 0.1) is 0 Å². The number of hydrogen-bond donors (Lipinski definition) is 1. The number of rotatable bonds is 3. The number of nitrogens with two attached hydrogens (primary N) is 1. The van der Waals surface area contributed by atoms with Crippen LogP contribution in [0.4, 0.5) is 5.00 Å². The molecule has 2 N–H and O–H groups in total. The normalized spacial score (nSPS) is 8.71. The van der Waals surface area contributed by atoms with Crippen LogP contribution in [-0.2, 0) is 9.59 Å². The van der Waals surface area contributed by atoms with Crippen LogP contribution in [0.5, 0.6) is 0 Å². The van der Waals surface area contributed by atoms with Gasteiger partial charge in [0.1, 0.15) is 11.6 Å². The van der Waals surface area contributed by atoms with E-state index in [0.717, 1.165) is 5.00 Å². The number of anilines is 1. The standard InChI is InChI=1S/C6H10O2.C4H5NS/c1-5(7)3-4-6(2)8;5-4-2-1-3-6-4/h3-4H2,1-2H3;1-3H,5H2. The lowest BCUT2D eigenvalue weighted by atomic mass is 10.2. The molecule has 0 amide bonds. The van der Waals surface area contributed by atoms with Gasteiger partial charge in [-0.25, -0.2) is 0 Å². The molecule has 0 aromatic carbocycles. The van der Waals surface area contributed by atoms with Crippen molar-refractivity contribution in [2.45, 2.75) is 26.7 Å². The Morgan fingerprint density at radius 1 is 1.29 bits per heavy atom. The molecule has 0 saturated carbocycles. The first-order chi connectivity index (χ1) is 6.52. The van der Waals surface area contributed by atoms with Crippen LogP contribution in [0.25, 0.3) is 0 Å². The van der Waals surface area contributed by atoms with Crippen molar-refractivity contribution in [3.05, 3.63) is 17.5 Å². The highest BCUT2D eigenvalue weighted by Gasteiger charge is 1.95. The fraction of sp³-hybridized carbons (Fsp3) is 0.400. The third-order valence-corrected chi connectivity index (χ3v) is 2.07. The minimum atomic E-state index is 0.0835. The number of Topliss-reactive ketones (excluding diaryl/α,β-unsaturated/α-hetero) is 2. The van der Waals surface area contributed by atoms with Crippen LogP contribution < -0.4 is 5.73 Å². The Bertz CT molecular complexity index is 266. The molecule has 0 aliphatic carbocycles. The Hall–Kier alpha value is -1.16. The molecule has 0 aliphatic rings. The first kappa shape index (κ1) is 12.8. The molecule has 0 unspecified atom stereocenters. The van der Waals surface area contributed by atoms with Crippen molar-refractivity contribution in [2.75, 3.05) is 5.73 Å². The number of carbonyl (C=O) groups is 2. The van der Waals surface area contributed by atoms with E-state index in [1.54, 1.807) is 11.3 Å². The topological polar surface area (TPSA) is 60.2 Å². The molecule has 78 valence electrons. The molecule has 4 heteroatoms. The largest absolute Gasteiger partial charge is 0.391 e. The first-order valence-electron chi connectivity index (χ1n) is 4.30. The molecule has 0 fully saturated rings. The molecule has 0 bridgehead atoms. The number of thiophene rings is 1. The highest BCUT2D eigenvalue weighted by Crippen LogP contribution is 2.07. The zero-order chi connectivity index (χ0) is 11.0. The molecular formula is C10H15NO2S. The molecule has 1 rings (SSSR count). The van der Waals surface area contributed by atoms with Crippen molar-refractivity contribution >= 4 is 27.9 Å². The van der Waals surface area contributed by atoms with E-state index in [-0.39, 0.29) is 11.6 Å². The third kappa shape index (κ3) is 8.93. The number of hydrogen-bond acceptors (Lipinski definition) is 4. The zero-order valence-corrected chi connectivity index (χ0v) is 9.26. The number of ketones is 2. The fourth-order valence-corrected chi connectivity index (χ4v) is 1.11. The predicted octanol–water partition coefficient (Wildman–Crippen LogP) is 2.27. The van der Waals surface area contributed by atoms with E-state index >= 15 is 0 Å². The van der Waals surface area contributed by atoms with Gasteiger partial charge in [0.15, 0.2) is 0 Å². The number of carbonyl (C=O) groups excluding carboxylic acids is 2. The summed E-state index contributed by atoms with van der Waals surface area (Å²) >= 11 is 1.56.